The van der Waals surface area contributed by atoms with Crippen LogP contribution in [-0.4, -0.2) is 69.9 Å². The molecule has 11 heavy (non-hydrogen) atoms. The Hall–Kier alpha value is 1.24. The van der Waals surface area contributed by atoms with E-state index in [9.17, 15) is 0 Å². The minimum atomic E-state index is -4.67. The van der Waals surface area contributed by atoms with Crippen LogP contribution in [0.2, 0.25) is 0 Å². The Morgan fingerprint density at radius 1 is 1.09 bits per heavy atom. The van der Waals surface area contributed by atoms with Crippen molar-refractivity contribution in [2.45, 2.75) is 0 Å². The smallest absolute Gasteiger partial charge is 1.00 e. The summed E-state index contributed by atoms with van der Waals surface area (Å²) in [6, 6.07) is 0. The Morgan fingerprint density at radius 3 is 1.09 bits per heavy atom. The van der Waals surface area contributed by atoms with Crippen LogP contribution < -0.4 is 0 Å². The Labute approximate surface area is 95.0 Å². The van der Waals surface area contributed by atoms with E-state index in [0.717, 1.165) is 0 Å². The molecule has 0 spiro atoms. The summed E-state index contributed by atoms with van der Waals surface area (Å²) >= 11 is 0. The van der Waals surface area contributed by atoms with Crippen molar-refractivity contribution < 1.29 is 39.6 Å². The number of rotatable bonds is 0. The molecule has 0 aromatic rings. The summed E-state index contributed by atoms with van der Waals surface area (Å²) in [6.07, 6.45) is 0. The van der Waals surface area contributed by atoms with Crippen molar-refractivity contribution in [2.24, 2.45) is 0 Å². The van der Waals surface area contributed by atoms with E-state index in [2.05, 4.69) is 0 Å². The van der Waals surface area contributed by atoms with E-state index in [-0.39, 0.29) is 40.6 Å². The maximum atomic E-state index is 8.88. The quantitative estimate of drug-likeness (QED) is 0.189. The first kappa shape index (κ1) is 18.1. The van der Waals surface area contributed by atoms with Gasteiger partial charge in [0, 0.05) is 0 Å². The first-order chi connectivity index (χ1) is 4.00. The predicted molar refractivity (Wildman–Crippen MR) is 36.4 cm³/mol. The second-order valence-electron chi connectivity index (χ2n) is 0.961. The zero-order valence-electron chi connectivity index (χ0n) is 7.02. The third-order valence-corrected chi connectivity index (χ3v) is 0. The zero-order chi connectivity index (χ0) is 9.00. The molecule has 0 fully saturated rings. The summed E-state index contributed by atoms with van der Waals surface area (Å²) in [5.41, 5.74) is 0. The first-order valence-corrected chi connectivity index (χ1v) is 4.44. The topological polar surface area (TPSA) is 152 Å². The van der Waals surface area contributed by atoms with E-state index >= 15 is 0 Å². The average Bonchev–Trinajstić information content (AvgIpc) is 1.12. The largest absolute Gasteiger partial charge is 2.00 e. The fourth-order valence-corrected chi connectivity index (χ4v) is 0. The van der Waals surface area contributed by atoms with Gasteiger partial charge in [0.15, 0.2) is 0 Å². The number of phosphoric acid groups is 1. The van der Waals surface area contributed by atoms with Gasteiger partial charge in [-0.3, -0.25) is 9.11 Å². The summed E-state index contributed by atoms with van der Waals surface area (Å²) < 4.78 is 40.5. The summed E-state index contributed by atoms with van der Waals surface area (Å²) in [5, 5.41) is 0. The van der Waals surface area contributed by atoms with E-state index in [1.807, 2.05) is 0 Å². The third kappa shape index (κ3) is 624. The van der Waals surface area contributed by atoms with Crippen molar-refractivity contribution >= 4 is 56.0 Å². The molecule has 5 N–H and O–H groups in total. The predicted octanol–water partition coefficient (Wildman–Crippen LogP) is -1.74. The van der Waals surface area contributed by atoms with Gasteiger partial charge in [-0.25, -0.2) is 4.57 Å². The molecule has 0 aromatic carbocycles. The Balaban J connectivity index is -0.0000000267. The molecule has 0 unspecified atom stereocenters. The molecule has 0 bridgehead atoms. The van der Waals surface area contributed by atoms with Crippen LogP contribution in [0, 0.1) is 0 Å². The Bertz CT molecular complexity index is 200. The van der Waals surface area contributed by atoms with Crippen LogP contribution in [0.3, 0.4) is 0 Å². The molecular weight excluding hydrogens is 231 g/mol. The van der Waals surface area contributed by atoms with E-state index in [0.29, 0.717) is 0 Å². The Morgan fingerprint density at radius 2 is 1.09 bits per heavy atom. The van der Waals surface area contributed by atoms with Crippen molar-refractivity contribution in [1.82, 2.24) is 0 Å². The molecule has 0 rings (SSSR count). The first-order valence-electron chi connectivity index (χ1n) is 1.48. The van der Waals surface area contributed by atoms with Gasteiger partial charge in [-0.2, -0.15) is 8.42 Å². The molecule has 0 amide bonds. The molecule has 0 radical (unpaired) electrons. The van der Waals surface area contributed by atoms with Crippen LogP contribution in [0.25, 0.3) is 0 Å². The van der Waals surface area contributed by atoms with Crippen molar-refractivity contribution in [1.29, 1.82) is 0 Å². The van der Waals surface area contributed by atoms with Crippen LogP contribution in [0.1, 0.15) is 2.85 Å². The second-order valence-corrected chi connectivity index (χ2v) is 2.88. The molecule has 0 saturated heterocycles. The minimum absolute atomic E-state index is 0. The standard InChI is InChI=1S/Ca.H3O4P.H2O4S.2H/c;2*1-5(2,3)4;;/h;(H3,1,2,3,4);(H2,1,2,3,4);;/q+2;;;2*-1. The van der Waals surface area contributed by atoms with E-state index in [1.54, 1.807) is 0 Å². The van der Waals surface area contributed by atoms with Gasteiger partial charge in [0.2, 0.25) is 0 Å². The molecule has 8 nitrogen and oxygen atoms in total. The van der Waals surface area contributed by atoms with Crippen LogP contribution >= 0.6 is 7.82 Å². The molecule has 0 aliphatic carbocycles. The second kappa shape index (κ2) is 6.72. The van der Waals surface area contributed by atoms with Gasteiger partial charge in [0.1, 0.15) is 0 Å². The van der Waals surface area contributed by atoms with E-state index in [1.165, 1.54) is 0 Å². The molecule has 68 valence electrons. The monoisotopic (exact) mass is 238 g/mol. The third-order valence-electron chi connectivity index (χ3n) is 0. The molecule has 11 heteroatoms. The maximum Gasteiger partial charge on any atom is 2.00 e. The summed E-state index contributed by atoms with van der Waals surface area (Å²) in [5.74, 6) is 0. The van der Waals surface area contributed by atoms with Gasteiger partial charge >= 0.3 is 56.0 Å². The SMILES string of the molecule is O=P(O)(O)O.O=S(=O)(O)O.[Ca+2].[H-].[H-]. The van der Waals surface area contributed by atoms with Gasteiger partial charge < -0.3 is 17.5 Å². The molecule has 0 aliphatic rings. The Kier molecular flexibility index (Phi) is 11.1. The van der Waals surface area contributed by atoms with Crippen molar-refractivity contribution in [2.75, 3.05) is 0 Å². The summed E-state index contributed by atoms with van der Waals surface area (Å²) in [4.78, 5) is 21.6. The number of hydrogen-bond acceptors (Lipinski definition) is 3. The van der Waals surface area contributed by atoms with E-state index < -0.39 is 18.2 Å². The molecule has 0 aliphatic heterocycles. The van der Waals surface area contributed by atoms with Crippen molar-refractivity contribution in [3.63, 3.8) is 0 Å². The van der Waals surface area contributed by atoms with E-state index in [4.69, 9.17) is 36.8 Å². The normalized spacial score (nSPS) is 10.6. The fourth-order valence-electron chi connectivity index (χ4n) is 0. The van der Waals surface area contributed by atoms with Gasteiger partial charge in [-0.05, 0) is 0 Å². The molecule has 0 aromatic heterocycles. The molecule has 0 saturated carbocycles. The molecule has 0 atom stereocenters. The molecule has 0 heterocycles. The maximum absolute atomic E-state index is 8.88. The molecular formula is H7CaO8PS. The van der Waals surface area contributed by atoms with Crippen molar-refractivity contribution in [3.05, 3.63) is 0 Å². The van der Waals surface area contributed by atoms with Crippen LogP contribution in [0.4, 0.5) is 0 Å². The van der Waals surface area contributed by atoms with Crippen LogP contribution in [-0.2, 0) is 15.0 Å². The van der Waals surface area contributed by atoms with Gasteiger partial charge in [-0.1, -0.05) is 0 Å². The average molecular weight is 238 g/mol. The van der Waals surface area contributed by atoms with Crippen LogP contribution in [0.5, 0.6) is 0 Å². The fraction of sp³-hybridized carbons (Fsp3) is 0. The van der Waals surface area contributed by atoms with Gasteiger partial charge in [0.25, 0.3) is 0 Å². The zero-order valence-corrected chi connectivity index (χ0v) is 8.94. The van der Waals surface area contributed by atoms with Gasteiger partial charge in [0.05, 0.1) is 0 Å². The van der Waals surface area contributed by atoms with Crippen molar-refractivity contribution in [3.8, 4) is 0 Å². The minimum Gasteiger partial charge on any atom is -1.00 e. The number of hydrogen-bond donors (Lipinski definition) is 5. The summed E-state index contributed by atoms with van der Waals surface area (Å²) in [6.45, 7) is 0. The van der Waals surface area contributed by atoms with Crippen LogP contribution in [0.15, 0.2) is 0 Å². The van der Waals surface area contributed by atoms with Gasteiger partial charge in [-0.15, -0.1) is 0 Å². The summed E-state index contributed by atoms with van der Waals surface area (Å²) in [7, 11) is -9.31.